The van der Waals surface area contributed by atoms with E-state index in [0.717, 1.165) is 5.56 Å². The van der Waals surface area contributed by atoms with E-state index in [1.165, 1.54) is 12.0 Å². The second-order valence-electron chi connectivity index (χ2n) is 7.25. The van der Waals surface area contributed by atoms with Crippen LogP contribution in [0.1, 0.15) is 33.3 Å². The van der Waals surface area contributed by atoms with Crippen molar-refractivity contribution >= 4 is 23.7 Å². The topological polar surface area (TPSA) is 74.3 Å². The third kappa shape index (κ3) is 8.91. The standard InChI is InChI=1S/C20H30ClNO6/c1-15(18(23)26-13-16-9-7-6-8-10-16)22(19(24)28-20(2,3)4)12-17(11-21)27-14-25-5/h6-10,15,17H,11-14H2,1-5H3/t15-,17+/m0/s1. The second kappa shape index (κ2) is 11.9. The van der Waals surface area contributed by atoms with Gasteiger partial charge in [0.05, 0.1) is 18.5 Å². The van der Waals surface area contributed by atoms with E-state index in [9.17, 15) is 9.59 Å². The minimum absolute atomic E-state index is 0.0202. The number of methoxy groups -OCH3 is 1. The molecule has 0 unspecified atom stereocenters. The Kier molecular flexibility index (Phi) is 10.3. The minimum atomic E-state index is -0.879. The molecule has 28 heavy (non-hydrogen) atoms. The smallest absolute Gasteiger partial charge is 0.411 e. The van der Waals surface area contributed by atoms with Crippen molar-refractivity contribution in [1.82, 2.24) is 4.90 Å². The van der Waals surface area contributed by atoms with Gasteiger partial charge < -0.3 is 18.9 Å². The summed E-state index contributed by atoms with van der Waals surface area (Å²) in [6, 6.07) is 8.42. The fourth-order valence-electron chi connectivity index (χ4n) is 2.22. The molecule has 1 aromatic rings. The highest BCUT2D eigenvalue weighted by Crippen LogP contribution is 2.15. The second-order valence-corrected chi connectivity index (χ2v) is 7.56. The van der Waals surface area contributed by atoms with Crippen molar-refractivity contribution in [3.63, 3.8) is 0 Å². The van der Waals surface area contributed by atoms with Crippen molar-refractivity contribution in [3.8, 4) is 0 Å². The Bertz CT molecular complexity index is 604. The molecule has 7 nitrogen and oxygen atoms in total. The van der Waals surface area contributed by atoms with Crippen LogP contribution < -0.4 is 0 Å². The zero-order valence-corrected chi connectivity index (χ0v) is 17.9. The molecule has 0 heterocycles. The van der Waals surface area contributed by atoms with Crippen LogP contribution >= 0.6 is 11.6 Å². The molecule has 158 valence electrons. The Morgan fingerprint density at radius 1 is 1.18 bits per heavy atom. The number of esters is 1. The molecule has 0 aliphatic carbocycles. The van der Waals surface area contributed by atoms with Gasteiger partial charge in [-0.15, -0.1) is 11.6 Å². The van der Waals surface area contributed by atoms with Crippen LogP contribution in [0.2, 0.25) is 0 Å². The fourth-order valence-corrected chi connectivity index (χ4v) is 2.40. The van der Waals surface area contributed by atoms with Crippen LogP contribution in [0.15, 0.2) is 30.3 Å². The molecule has 1 rings (SSSR count). The van der Waals surface area contributed by atoms with Gasteiger partial charge in [-0.25, -0.2) is 9.59 Å². The van der Waals surface area contributed by atoms with Gasteiger partial charge in [0.1, 0.15) is 25.0 Å². The summed E-state index contributed by atoms with van der Waals surface area (Å²) in [4.78, 5) is 26.5. The number of halogens is 1. The number of rotatable bonds is 10. The van der Waals surface area contributed by atoms with Crippen LogP contribution in [0.4, 0.5) is 4.79 Å². The maximum absolute atomic E-state index is 12.7. The maximum Gasteiger partial charge on any atom is 0.411 e. The molecule has 1 aromatic carbocycles. The van der Waals surface area contributed by atoms with Crippen LogP contribution in [0.25, 0.3) is 0 Å². The summed E-state index contributed by atoms with van der Waals surface area (Å²) in [6.45, 7) is 7.03. The average Bonchev–Trinajstić information content (AvgIpc) is 2.65. The van der Waals surface area contributed by atoms with Gasteiger partial charge in [0.2, 0.25) is 0 Å². The summed E-state index contributed by atoms with van der Waals surface area (Å²) in [6.07, 6.45) is -1.17. The summed E-state index contributed by atoms with van der Waals surface area (Å²) in [5, 5.41) is 0. The molecule has 1 amide bonds. The highest BCUT2D eigenvalue weighted by Gasteiger charge is 2.33. The number of amides is 1. The zero-order chi connectivity index (χ0) is 21.2. The Labute approximate surface area is 171 Å². The number of ether oxygens (including phenoxy) is 4. The fraction of sp³-hybridized carbons (Fsp3) is 0.600. The lowest BCUT2D eigenvalue weighted by Crippen LogP contribution is -2.50. The highest BCUT2D eigenvalue weighted by atomic mass is 35.5. The van der Waals surface area contributed by atoms with Crippen LogP contribution in [-0.4, -0.2) is 61.0 Å². The van der Waals surface area contributed by atoms with Gasteiger partial charge in [-0.05, 0) is 33.3 Å². The van der Waals surface area contributed by atoms with E-state index in [4.69, 9.17) is 30.5 Å². The van der Waals surface area contributed by atoms with Gasteiger partial charge in [-0.3, -0.25) is 4.90 Å². The molecule has 0 radical (unpaired) electrons. The van der Waals surface area contributed by atoms with Crippen molar-refractivity contribution in [1.29, 1.82) is 0 Å². The van der Waals surface area contributed by atoms with Gasteiger partial charge in [0.15, 0.2) is 0 Å². The van der Waals surface area contributed by atoms with Crippen LogP contribution in [0.5, 0.6) is 0 Å². The maximum atomic E-state index is 12.7. The number of carbonyl (C=O) groups is 2. The summed E-state index contributed by atoms with van der Waals surface area (Å²) >= 11 is 5.94. The van der Waals surface area contributed by atoms with Gasteiger partial charge in [-0.1, -0.05) is 30.3 Å². The monoisotopic (exact) mass is 415 g/mol. The van der Waals surface area contributed by atoms with E-state index in [-0.39, 0.29) is 25.8 Å². The predicted octanol–water partition coefficient (Wildman–Crippen LogP) is 3.58. The first-order valence-corrected chi connectivity index (χ1v) is 9.58. The minimum Gasteiger partial charge on any atom is -0.459 e. The third-order valence-electron chi connectivity index (χ3n) is 3.65. The molecule has 8 heteroatoms. The molecule has 0 bridgehead atoms. The van der Waals surface area contributed by atoms with Crippen molar-refractivity contribution in [2.75, 3.05) is 26.3 Å². The Hall–Kier alpha value is -1.83. The zero-order valence-electron chi connectivity index (χ0n) is 17.1. The largest absolute Gasteiger partial charge is 0.459 e. The summed E-state index contributed by atoms with van der Waals surface area (Å²) in [5.74, 6) is -0.427. The lowest BCUT2D eigenvalue weighted by atomic mass is 10.2. The molecule has 0 saturated carbocycles. The van der Waals surface area contributed by atoms with Crippen molar-refractivity contribution in [2.24, 2.45) is 0 Å². The summed E-state index contributed by atoms with van der Waals surface area (Å²) < 4.78 is 21.1. The molecule has 2 atom stereocenters. The van der Waals surface area contributed by atoms with Crippen molar-refractivity contribution in [3.05, 3.63) is 35.9 Å². The van der Waals surface area contributed by atoms with Crippen molar-refractivity contribution in [2.45, 2.75) is 52.0 Å². The van der Waals surface area contributed by atoms with Gasteiger partial charge >= 0.3 is 12.1 Å². The van der Waals surface area contributed by atoms with E-state index in [1.54, 1.807) is 27.7 Å². The number of nitrogens with zero attached hydrogens (tertiary/aromatic N) is 1. The Balaban J connectivity index is 2.84. The number of hydrogen-bond acceptors (Lipinski definition) is 6. The van der Waals surface area contributed by atoms with Crippen molar-refractivity contribution < 1.29 is 28.5 Å². The average molecular weight is 416 g/mol. The molecule has 0 spiro atoms. The van der Waals surface area contributed by atoms with Crippen LogP contribution in [0.3, 0.4) is 0 Å². The molecule has 0 aromatic heterocycles. The number of carbonyl (C=O) groups excluding carboxylic acids is 2. The first kappa shape index (κ1) is 24.2. The van der Waals surface area contributed by atoms with E-state index in [0.29, 0.717) is 0 Å². The normalized spacial score (nSPS) is 13.5. The van der Waals surface area contributed by atoms with Gasteiger partial charge in [0.25, 0.3) is 0 Å². The molecular formula is C20H30ClNO6. The van der Waals surface area contributed by atoms with Gasteiger partial charge in [0, 0.05) is 7.11 Å². The lowest BCUT2D eigenvalue weighted by Gasteiger charge is -2.32. The quantitative estimate of drug-likeness (QED) is 0.330. The summed E-state index contributed by atoms with van der Waals surface area (Å²) in [5.41, 5.74) is 0.140. The van der Waals surface area contributed by atoms with E-state index < -0.39 is 29.8 Å². The number of hydrogen-bond donors (Lipinski definition) is 0. The van der Waals surface area contributed by atoms with Gasteiger partial charge in [-0.2, -0.15) is 0 Å². The Morgan fingerprint density at radius 3 is 2.36 bits per heavy atom. The summed E-state index contributed by atoms with van der Waals surface area (Å²) in [7, 11) is 1.49. The molecule has 0 N–H and O–H groups in total. The Morgan fingerprint density at radius 2 is 1.82 bits per heavy atom. The first-order valence-electron chi connectivity index (χ1n) is 9.04. The van der Waals surface area contributed by atoms with Crippen LogP contribution in [-0.2, 0) is 30.3 Å². The lowest BCUT2D eigenvalue weighted by molar-refractivity contribution is -0.151. The SMILES string of the molecule is COCO[C@H](CCl)CN(C(=O)OC(C)(C)C)[C@@H](C)C(=O)OCc1ccccc1. The number of benzene rings is 1. The van der Waals surface area contributed by atoms with E-state index in [1.807, 2.05) is 30.3 Å². The molecule has 0 saturated heterocycles. The first-order chi connectivity index (χ1) is 13.2. The van der Waals surface area contributed by atoms with E-state index in [2.05, 4.69) is 0 Å². The molecule has 0 fully saturated rings. The molecular weight excluding hydrogens is 386 g/mol. The van der Waals surface area contributed by atoms with Crippen LogP contribution in [0, 0.1) is 0 Å². The number of alkyl halides is 1. The predicted molar refractivity (Wildman–Crippen MR) is 106 cm³/mol. The van der Waals surface area contributed by atoms with E-state index >= 15 is 0 Å². The molecule has 0 aliphatic heterocycles. The third-order valence-corrected chi connectivity index (χ3v) is 4.00. The molecule has 0 aliphatic rings. The highest BCUT2D eigenvalue weighted by molar-refractivity contribution is 6.18.